The van der Waals surface area contributed by atoms with Gasteiger partial charge in [0.1, 0.15) is 23.3 Å². The van der Waals surface area contributed by atoms with Gasteiger partial charge in [-0.05, 0) is 70.5 Å². The topological polar surface area (TPSA) is 117 Å². The second-order valence-electron chi connectivity index (χ2n) is 10.4. The van der Waals surface area contributed by atoms with Gasteiger partial charge in [0.15, 0.2) is 17.5 Å². The van der Waals surface area contributed by atoms with Gasteiger partial charge >= 0.3 is 6.09 Å². The highest BCUT2D eigenvalue weighted by atomic mass is 19.1. The Morgan fingerprint density at radius 1 is 1.12 bits per heavy atom. The summed E-state index contributed by atoms with van der Waals surface area (Å²) in [5.41, 5.74) is 0.665. The predicted octanol–water partition coefficient (Wildman–Crippen LogP) is 6.55. The molecule has 214 valence electrons. The van der Waals surface area contributed by atoms with Crippen LogP contribution in [0.5, 0.6) is 0 Å². The second-order valence-corrected chi connectivity index (χ2v) is 10.4. The van der Waals surface area contributed by atoms with Crippen molar-refractivity contribution in [2.45, 2.75) is 58.8 Å². The summed E-state index contributed by atoms with van der Waals surface area (Å²) < 4.78 is 50.8. The summed E-state index contributed by atoms with van der Waals surface area (Å²) in [6.45, 7) is 9.24. The lowest BCUT2D eigenvalue weighted by Gasteiger charge is -2.29. The maximum atomic E-state index is 15.3. The van der Waals surface area contributed by atoms with E-state index in [2.05, 4.69) is 26.0 Å². The van der Waals surface area contributed by atoms with E-state index in [1.54, 1.807) is 44.6 Å². The van der Waals surface area contributed by atoms with Gasteiger partial charge < -0.3 is 20.7 Å². The molecule has 1 amide bonds. The van der Waals surface area contributed by atoms with Crippen LogP contribution in [0.25, 0.3) is 10.9 Å². The Balaban J connectivity index is 1.72. The maximum Gasteiger partial charge on any atom is 0.407 e. The van der Waals surface area contributed by atoms with Gasteiger partial charge in [0.2, 0.25) is 0 Å². The van der Waals surface area contributed by atoms with Crippen molar-refractivity contribution in [3.05, 3.63) is 77.2 Å². The van der Waals surface area contributed by atoms with Crippen LogP contribution in [-0.2, 0) is 11.3 Å². The van der Waals surface area contributed by atoms with E-state index >= 15 is 4.39 Å². The lowest BCUT2D eigenvalue weighted by molar-refractivity contribution is 0.0503. The Kier molecular flexibility index (Phi) is 8.37. The van der Waals surface area contributed by atoms with Gasteiger partial charge in [0.25, 0.3) is 0 Å². The number of nitriles is 1. The molecule has 0 fully saturated rings. The molecule has 0 aliphatic carbocycles. The minimum absolute atomic E-state index is 0.0464. The van der Waals surface area contributed by atoms with Gasteiger partial charge in [-0.15, -0.1) is 0 Å². The van der Waals surface area contributed by atoms with Crippen LogP contribution in [-0.4, -0.2) is 32.5 Å². The Morgan fingerprint density at radius 2 is 1.83 bits per heavy atom. The van der Waals surface area contributed by atoms with Crippen molar-refractivity contribution >= 4 is 34.3 Å². The number of anilines is 3. The van der Waals surface area contributed by atoms with Crippen LogP contribution in [0.15, 0.2) is 48.7 Å². The minimum Gasteiger partial charge on any atom is -0.444 e. The number of benzene rings is 2. The zero-order valence-electron chi connectivity index (χ0n) is 23.2. The van der Waals surface area contributed by atoms with E-state index in [0.717, 1.165) is 29.1 Å². The molecule has 0 aliphatic rings. The number of carbonyl (C=O) groups is 1. The number of hydrogen-bond acceptors (Lipinski definition) is 7. The van der Waals surface area contributed by atoms with Crippen molar-refractivity contribution in [3.8, 4) is 6.07 Å². The molecule has 41 heavy (non-hydrogen) atoms. The zero-order valence-corrected chi connectivity index (χ0v) is 23.2. The van der Waals surface area contributed by atoms with Gasteiger partial charge in [0, 0.05) is 18.0 Å². The molecule has 0 radical (unpaired) electrons. The molecule has 9 nitrogen and oxygen atoms in total. The molecule has 0 spiro atoms. The summed E-state index contributed by atoms with van der Waals surface area (Å²) in [4.78, 5) is 16.8. The average Bonchev–Trinajstić information content (AvgIpc) is 3.31. The van der Waals surface area contributed by atoms with Crippen LogP contribution < -0.4 is 16.0 Å². The normalized spacial score (nSPS) is 12.9. The van der Waals surface area contributed by atoms with Crippen molar-refractivity contribution in [1.82, 2.24) is 20.1 Å². The number of aryl methyl sites for hydroxylation is 1. The lowest BCUT2D eigenvalue weighted by Crippen LogP contribution is -2.42. The molecule has 4 rings (SSSR count). The number of pyridine rings is 1. The smallest absolute Gasteiger partial charge is 0.407 e. The first-order chi connectivity index (χ1) is 19.4. The molecule has 2 aromatic heterocycles. The van der Waals surface area contributed by atoms with Crippen LogP contribution in [0, 0.1) is 28.8 Å². The monoisotopic (exact) mass is 565 g/mol. The SMILES string of the molecule is CCn1ncc2c(Nc3nc(N[C@H](c4cc(F)cc(F)c4)[C@H](C)NC(=O)OC(C)(C)C)c(F)cc3C#N)cccc21. The number of amides is 1. The van der Waals surface area contributed by atoms with Crippen molar-refractivity contribution < 1.29 is 22.7 Å². The molecule has 0 unspecified atom stereocenters. The number of nitrogens with zero attached hydrogens (tertiary/aromatic N) is 4. The molecule has 0 saturated carbocycles. The molecule has 2 aromatic carbocycles. The van der Waals surface area contributed by atoms with Crippen molar-refractivity contribution in [2.75, 3.05) is 10.6 Å². The highest BCUT2D eigenvalue weighted by Crippen LogP contribution is 2.31. The molecular formula is C29H30F3N7O2. The molecule has 0 aliphatic heterocycles. The van der Waals surface area contributed by atoms with Gasteiger partial charge in [-0.3, -0.25) is 4.68 Å². The molecule has 2 heterocycles. The fourth-order valence-corrected chi connectivity index (χ4v) is 4.34. The molecule has 2 atom stereocenters. The third kappa shape index (κ3) is 6.87. The molecular weight excluding hydrogens is 535 g/mol. The van der Waals surface area contributed by atoms with E-state index in [0.29, 0.717) is 18.3 Å². The maximum absolute atomic E-state index is 15.3. The first kappa shape index (κ1) is 29.2. The highest BCUT2D eigenvalue weighted by molar-refractivity contribution is 5.93. The van der Waals surface area contributed by atoms with Gasteiger partial charge in [-0.1, -0.05) is 6.07 Å². The molecule has 4 aromatic rings. The van der Waals surface area contributed by atoms with E-state index in [1.165, 1.54) is 0 Å². The largest absolute Gasteiger partial charge is 0.444 e. The van der Waals surface area contributed by atoms with Gasteiger partial charge in [-0.2, -0.15) is 10.4 Å². The molecule has 0 saturated heterocycles. The molecule has 0 bridgehead atoms. The highest BCUT2D eigenvalue weighted by Gasteiger charge is 2.27. The minimum atomic E-state index is -1.05. The van der Waals surface area contributed by atoms with Crippen molar-refractivity contribution in [3.63, 3.8) is 0 Å². The third-order valence-corrected chi connectivity index (χ3v) is 6.12. The standard InChI is InChI=1S/C29H30F3N7O2/c1-6-39-24-9-7-8-23(21(24)15-34-39)36-26-18(14-33)12-22(32)27(38-26)37-25(17-10-19(30)13-20(31)11-17)16(2)35-28(40)41-29(3,4)5/h7-13,15-16,25H,6H2,1-5H3,(H,35,40)(H2,36,37,38)/t16-,25-/m0/s1. The fourth-order valence-electron chi connectivity index (χ4n) is 4.34. The number of nitrogens with one attached hydrogen (secondary N) is 3. The Bertz CT molecular complexity index is 1610. The van der Waals surface area contributed by atoms with Gasteiger partial charge in [0.05, 0.1) is 35.0 Å². The van der Waals surface area contributed by atoms with Crippen molar-refractivity contribution in [2.24, 2.45) is 0 Å². The quantitative estimate of drug-likeness (QED) is 0.222. The predicted molar refractivity (Wildman–Crippen MR) is 149 cm³/mol. The number of carbonyl (C=O) groups excluding carboxylic acids is 1. The number of ether oxygens (including phenoxy) is 1. The summed E-state index contributed by atoms with van der Waals surface area (Å²) >= 11 is 0. The van der Waals surface area contributed by atoms with E-state index in [4.69, 9.17) is 4.74 Å². The first-order valence-electron chi connectivity index (χ1n) is 12.9. The Hall–Kier alpha value is -4.79. The van der Waals surface area contributed by atoms with Gasteiger partial charge in [-0.25, -0.2) is 22.9 Å². The molecule has 12 heteroatoms. The van der Waals surface area contributed by atoms with E-state index < -0.39 is 41.2 Å². The number of hydrogen-bond donors (Lipinski definition) is 3. The number of rotatable bonds is 8. The third-order valence-electron chi connectivity index (χ3n) is 6.12. The molecule has 3 N–H and O–H groups in total. The van der Waals surface area contributed by atoms with E-state index in [9.17, 15) is 18.8 Å². The summed E-state index contributed by atoms with van der Waals surface area (Å²) in [6.07, 6.45) is 0.902. The van der Waals surface area contributed by atoms with E-state index in [-0.39, 0.29) is 22.8 Å². The number of halogens is 3. The second kappa shape index (κ2) is 11.8. The van der Waals surface area contributed by atoms with Crippen LogP contribution in [0.4, 0.5) is 35.3 Å². The average molecular weight is 566 g/mol. The first-order valence-corrected chi connectivity index (χ1v) is 12.9. The zero-order chi connectivity index (χ0) is 29.9. The van der Waals surface area contributed by atoms with Crippen LogP contribution in [0.2, 0.25) is 0 Å². The number of fused-ring (bicyclic) bond motifs is 1. The summed E-state index contributed by atoms with van der Waals surface area (Å²) in [5, 5.41) is 23.4. The summed E-state index contributed by atoms with van der Waals surface area (Å²) in [5.74, 6) is -2.85. The van der Waals surface area contributed by atoms with E-state index in [1.807, 2.05) is 25.1 Å². The Morgan fingerprint density at radius 3 is 2.46 bits per heavy atom. The van der Waals surface area contributed by atoms with Crippen LogP contribution in [0.3, 0.4) is 0 Å². The summed E-state index contributed by atoms with van der Waals surface area (Å²) in [7, 11) is 0. The number of aromatic nitrogens is 3. The summed E-state index contributed by atoms with van der Waals surface area (Å²) in [6, 6.07) is 9.35. The lowest BCUT2D eigenvalue weighted by atomic mass is 10.00. The van der Waals surface area contributed by atoms with Crippen LogP contribution >= 0.6 is 0 Å². The fraction of sp³-hybridized carbons (Fsp3) is 0.310. The van der Waals surface area contributed by atoms with Crippen molar-refractivity contribution in [1.29, 1.82) is 5.26 Å². The number of alkyl carbamates (subject to hydrolysis) is 1. The Labute approximate surface area is 235 Å². The van der Waals surface area contributed by atoms with Crippen LogP contribution in [0.1, 0.15) is 51.8 Å².